The Hall–Kier alpha value is -3.28. The number of amides is 2. The van der Waals surface area contributed by atoms with E-state index in [2.05, 4.69) is 19.2 Å². The Bertz CT molecular complexity index is 1130. The maximum atomic E-state index is 13.7. The normalized spacial score (nSPS) is 18.2. The van der Waals surface area contributed by atoms with Crippen LogP contribution in [-0.2, 0) is 17.9 Å². The lowest BCUT2D eigenvalue weighted by atomic mass is 9.93. The summed E-state index contributed by atoms with van der Waals surface area (Å²) in [5, 5.41) is 4.09. The van der Waals surface area contributed by atoms with E-state index in [0.29, 0.717) is 31.2 Å². The number of nitrogens with one attached hydrogen (secondary N) is 1. The summed E-state index contributed by atoms with van der Waals surface area (Å²) in [4.78, 5) is 28.9. The number of benzene rings is 2. The van der Waals surface area contributed by atoms with Gasteiger partial charge in [-0.2, -0.15) is 0 Å². The summed E-state index contributed by atoms with van der Waals surface area (Å²) in [5.41, 5.74) is 1.53. The molecule has 32 heavy (non-hydrogen) atoms. The predicted octanol–water partition coefficient (Wildman–Crippen LogP) is 4.23. The molecule has 2 heterocycles. The van der Waals surface area contributed by atoms with Crippen LogP contribution >= 0.6 is 0 Å². The van der Waals surface area contributed by atoms with Crippen LogP contribution in [0.1, 0.15) is 43.2 Å². The Morgan fingerprint density at radius 1 is 1.16 bits per heavy atom. The molecule has 1 N–H and O–H groups in total. The summed E-state index contributed by atoms with van der Waals surface area (Å²) in [6.45, 7) is 7.48. The fourth-order valence-electron chi connectivity index (χ4n) is 4.33. The molecule has 1 aromatic heterocycles. The summed E-state index contributed by atoms with van der Waals surface area (Å²) in [5.74, 6) is 0.993. The Balaban J connectivity index is 1.72. The molecule has 4 rings (SSSR count). The lowest BCUT2D eigenvalue weighted by Crippen LogP contribution is -2.63. The largest absolute Gasteiger partial charge is 0.497 e. The Kier molecular flexibility index (Phi) is 5.96. The molecular weight excluding hydrogens is 402 g/mol. The molecule has 3 aromatic rings. The minimum atomic E-state index is -1.01. The van der Waals surface area contributed by atoms with Crippen LogP contribution in [0, 0.1) is 5.92 Å². The van der Waals surface area contributed by atoms with Crippen molar-refractivity contribution < 1.29 is 14.3 Å². The van der Waals surface area contributed by atoms with Crippen LogP contribution in [0.4, 0.5) is 0 Å². The molecule has 0 fully saturated rings. The van der Waals surface area contributed by atoms with Gasteiger partial charge >= 0.3 is 0 Å². The minimum absolute atomic E-state index is 0.122. The van der Waals surface area contributed by atoms with Crippen molar-refractivity contribution in [1.29, 1.82) is 0 Å². The molecule has 0 aliphatic carbocycles. The van der Waals surface area contributed by atoms with Crippen molar-refractivity contribution >= 4 is 22.7 Å². The van der Waals surface area contributed by atoms with Crippen LogP contribution in [0.5, 0.6) is 5.75 Å². The van der Waals surface area contributed by atoms with Crippen molar-refractivity contribution in [2.24, 2.45) is 5.92 Å². The lowest BCUT2D eigenvalue weighted by Gasteiger charge is -2.44. The van der Waals surface area contributed by atoms with Crippen LogP contribution in [-0.4, -0.2) is 40.5 Å². The third kappa shape index (κ3) is 3.97. The zero-order chi connectivity index (χ0) is 22.9. The second-order valence-corrected chi connectivity index (χ2v) is 9.13. The SMILES string of the molecule is COc1ccc(CN2C(=O)c3cc4ccccc4n3CC2(C)C(=O)NCCC(C)C)cc1. The monoisotopic (exact) mass is 433 g/mol. The van der Waals surface area contributed by atoms with Gasteiger partial charge in [0.05, 0.1) is 13.7 Å². The van der Waals surface area contributed by atoms with Gasteiger partial charge in [-0.05, 0) is 49.1 Å². The number of nitrogens with zero attached hydrogens (tertiary/aromatic N) is 2. The summed E-state index contributed by atoms with van der Waals surface area (Å²) in [6, 6.07) is 17.5. The molecule has 0 bridgehead atoms. The number of fused-ring (bicyclic) bond motifs is 3. The van der Waals surface area contributed by atoms with Crippen LogP contribution in [0.15, 0.2) is 54.6 Å². The van der Waals surface area contributed by atoms with Crippen molar-refractivity contribution in [3.05, 3.63) is 65.9 Å². The maximum absolute atomic E-state index is 13.7. The molecule has 6 nitrogen and oxygen atoms in total. The Labute approximate surface area is 189 Å². The number of hydrogen-bond acceptors (Lipinski definition) is 3. The number of rotatable bonds is 7. The minimum Gasteiger partial charge on any atom is -0.497 e. The fourth-order valence-corrected chi connectivity index (χ4v) is 4.33. The summed E-state index contributed by atoms with van der Waals surface area (Å²) >= 11 is 0. The van der Waals surface area contributed by atoms with Gasteiger partial charge in [0.15, 0.2) is 0 Å². The van der Waals surface area contributed by atoms with E-state index in [1.54, 1.807) is 12.0 Å². The molecule has 0 saturated carbocycles. The molecule has 0 spiro atoms. The first-order chi connectivity index (χ1) is 15.3. The van der Waals surface area contributed by atoms with Crippen molar-refractivity contribution in [3.63, 3.8) is 0 Å². The second kappa shape index (κ2) is 8.69. The zero-order valence-corrected chi connectivity index (χ0v) is 19.2. The summed E-state index contributed by atoms with van der Waals surface area (Å²) in [6.07, 6.45) is 0.895. The van der Waals surface area contributed by atoms with Gasteiger partial charge in [-0.3, -0.25) is 9.59 Å². The lowest BCUT2D eigenvalue weighted by molar-refractivity contribution is -0.133. The number of ether oxygens (including phenoxy) is 1. The molecule has 2 aromatic carbocycles. The highest BCUT2D eigenvalue weighted by Crippen LogP contribution is 2.33. The number of methoxy groups -OCH3 is 1. The molecule has 1 atom stereocenters. The smallest absolute Gasteiger partial charge is 0.271 e. The molecule has 6 heteroatoms. The molecule has 168 valence electrons. The van der Waals surface area contributed by atoms with Gasteiger partial charge in [-0.1, -0.05) is 44.2 Å². The van der Waals surface area contributed by atoms with Crippen molar-refractivity contribution in [2.45, 2.75) is 45.8 Å². The number of carbonyl (C=O) groups is 2. The molecule has 1 unspecified atom stereocenters. The first-order valence-corrected chi connectivity index (χ1v) is 11.1. The quantitative estimate of drug-likeness (QED) is 0.607. The van der Waals surface area contributed by atoms with E-state index in [1.807, 2.05) is 66.1 Å². The van der Waals surface area contributed by atoms with Crippen molar-refractivity contribution in [3.8, 4) is 5.75 Å². The van der Waals surface area contributed by atoms with Gasteiger partial charge in [0, 0.05) is 24.0 Å². The highest BCUT2D eigenvalue weighted by atomic mass is 16.5. The molecule has 0 radical (unpaired) electrons. The third-order valence-corrected chi connectivity index (χ3v) is 6.33. The van der Waals surface area contributed by atoms with Crippen molar-refractivity contribution in [1.82, 2.24) is 14.8 Å². The van der Waals surface area contributed by atoms with Gasteiger partial charge in [0.2, 0.25) is 5.91 Å². The average molecular weight is 434 g/mol. The van der Waals surface area contributed by atoms with E-state index < -0.39 is 5.54 Å². The van der Waals surface area contributed by atoms with E-state index in [-0.39, 0.29) is 11.8 Å². The number of aromatic nitrogens is 1. The van der Waals surface area contributed by atoms with E-state index in [1.165, 1.54) is 0 Å². The predicted molar refractivity (Wildman–Crippen MR) is 126 cm³/mol. The number of carbonyl (C=O) groups excluding carboxylic acids is 2. The summed E-state index contributed by atoms with van der Waals surface area (Å²) < 4.78 is 7.25. The van der Waals surface area contributed by atoms with Gasteiger partial charge < -0.3 is 19.5 Å². The molecular formula is C26H31N3O3. The first-order valence-electron chi connectivity index (χ1n) is 11.1. The highest BCUT2D eigenvalue weighted by molar-refractivity contribution is 6.03. The maximum Gasteiger partial charge on any atom is 0.271 e. The third-order valence-electron chi connectivity index (χ3n) is 6.33. The Morgan fingerprint density at radius 2 is 1.88 bits per heavy atom. The van der Waals surface area contributed by atoms with Gasteiger partial charge in [-0.25, -0.2) is 0 Å². The number of hydrogen-bond donors (Lipinski definition) is 1. The van der Waals surface area contributed by atoms with Crippen LogP contribution < -0.4 is 10.1 Å². The van der Waals surface area contributed by atoms with Crippen LogP contribution in [0.3, 0.4) is 0 Å². The summed E-state index contributed by atoms with van der Waals surface area (Å²) in [7, 11) is 1.63. The zero-order valence-electron chi connectivity index (χ0n) is 19.2. The topological polar surface area (TPSA) is 63.6 Å². The first kappa shape index (κ1) is 21.9. The Morgan fingerprint density at radius 3 is 2.56 bits per heavy atom. The van der Waals surface area contributed by atoms with Crippen LogP contribution in [0.2, 0.25) is 0 Å². The average Bonchev–Trinajstić information content (AvgIpc) is 3.15. The second-order valence-electron chi connectivity index (χ2n) is 9.13. The molecule has 0 saturated heterocycles. The molecule has 1 aliphatic rings. The van der Waals surface area contributed by atoms with E-state index >= 15 is 0 Å². The highest BCUT2D eigenvalue weighted by Gasteiger charge is 2.47. The standard InChI is InChI=1S/C26H31N3O3/c1-18(2)13-14-27-25(31)26(3)17-28-22-8-6-5-7-20(22)15-23(28)24(30)29(26)16-19-9-11-21(32-4)12-10-19/h5-12,15,18H,13-14,16-17H2,1-4H3,(H,27,31). The van der Waals surface area contributed by atoms with Gasteiger partial charge in [0.1, 0.15) is 17.0 Å². The van der Waals surface area contributed by atoms with Gasteiger partial charge in [0.25, 0.3) is 5.91 Å². The van der Waals surface area contributed by atoms with Gasteiger partial charge in [-0.15, -0.1) is 0 Å². The number of para-hydroxylation sites is 1. The van der Waals surface area contributed by atoms with Crippen LogP contribution in [0.25, 0.3) is 10.9 Å². The molecule has 2 amide bonds. The fraction of sp³-hybridized carbons (Fsp3) is 0.385. The van der Waals surface area contributed by atoms with E-state index in [4.69, 9.17) is 4.74 Å². The molecule has 1 aliphatic heterocycles. The van der Waals surface area contributed by atoms with E-state index in [0.717, 1.165) is 28.6 Å². The van der Waals surface area contributed by atoms with E-state index in [9.17, 15) is 9.59 Å². The van der Waals surface area contributed by atoms with Crippen molar-refractivity contribution in [2.75, 3.05) is 13.7 Å².